The summed E-state index contributed by atoms with van der Waals surface area (Å²) in [4.78, 5) is 10.9. The summed E-state index contributed by atoms with van der Waals surface area (Å²) in [6, 6.07) is 0. The van der Waals surface area contributed by atoms with Crippen molar-refractivity contribution in [1.82, 2.24) is 9.97 Å². The first-order valence-corrected chi connectivity index (χ1v) is 6.42. The molecule has 0 radical (unpaired) electrons. The van der Waals surface area contributed by atoms with Gasteiger partial charge in [-0.05, 0) is 31.2 Å². The van der Waals surface area contributed by atoms with Crippen LogP contribution in [0.2, 0.25) is 0 Å². The summed E-state index contributed by atoms with van der Waals surface area (Å²) in [7, 11) is 2.00. The first-order valence-electron chi connectivity index (χ1n) is 6.42. The molecule has 4 nitrogen and oxygen atoms in total. The van der Waals surface area contributed by atoms with E-state index in [1.54, 1.807) is 0 Å². The van der Waals surface area contributed by atoms with Crippen molar-refractivity contribution in [2.45, 2.75) is 52.0 Å². The van der Waals surface area contributed by atoms with Crippen molar-refractivity contribution in [2.24, 2.45) is 5.73 Å². The average Bonchev–Trinajstić information content (AvgIpc) is 2.24. The van der Waals surface area contributed by atoms with E-state index in [9.17, 15) is 0 Å². The topological polar surface area (TPSA) is 55.0 Å². The SMILES string of the molecule is CN(CCC(C)(C)N)c1ncc(C(C)(C)C)cn1. The lowest BCUT2D eigenvalue weighted by molar-refractivity contribution is 0.477. The highest BCUT2D eigenvalue weighted by molar-refractivity contribution is 5.30. The lowest BCUT2D eigenvalue weighted by Crippen LogP contribution is -2.36. The van der Waals surface area contributed by atoms with Gasteiger partial charge in [0.25, 0.3) is 0 Å². The lowest BCUT2D eigenvalue weighted by Gasteiger charge is -2.24. The molecule has 1 aromatic heterocycles. The van der Waals surface area contributed by atoms with E-state index < -0.39 is 0 Å². The molecule has 0 saturated carbocycles. The number of rotatable bonds is 4. The first kappa shape index (κ1) is 14.9. The van der Waals surface area contributed by atoms with Crippen LogP contribution in [0.4, 0.5) is 5.95 Å². The van der Waals surface area contributed by atoms with Crippen molar-refractivity contribution in [3.05, 3.63) is 18.0 Å². The van der Waals surface area contributed by atoms with Crippen LogP contribution in [0.1, 0.15) is 46.6 Å². The Morgan fingerprint density at radius 2 is 1.61 bits per heavy atom. The fourth-order valence-electron chi connectivity index (χ4n) is 1.46. The number of hydrogen-bond acceptors (Lipinski definition) is 4. The normalized spacial score (nSPS) is 12.6. The van der Waals surface area contributed by atoms with Gasteiger partial charge in [-0.2, -0.15) is 0 Å². The first-order chi connectivity index (χ1) is 8.09. The fraction of sp³-hybridized carbons (Fsp3) is 0.714. The minimum Gasteiger partial charge on any atom is -0.344 e. The van der Waals surface area contributed by atoms with Crippen LogP contribution in [0.15, 0.2) is 12.4 Å². The number of nitrogens with zero attached hydrogens (tertiary/aromatic N) is 3. The van der Waals surface area contributed by atoms with Crippen LogP contribution >= 0.6 is 0 Å². The van der Waals surface area contributed by atoms with Crippen LogP contribution in [-0.4, -0.2) is 29.1 Å². The second kappa shape index (κ2) is 5.22. The minimum absolute atomic E-state index is 0.0936. The van der Waals surface area contributed by atoms with Gasteiger partial charge in [0.2, 0.25) is 5.95 Å². The summed E-state index contributed by atoms with van der Waals surface area (Å²) in [6.07, 6.45) is 4.73. The Balaban J connectivity index is 2.68. The molecule has 0 fully saturated rings. The Hall–Kier alpha value is -1.16. The zero-order valence-electron chi connectivity index (χ0n) is 12.5. The molecular formula is C14H26N4. The molecule has 0 amide bonds. The maximum atomic E-state index is 5.98. The van der Waals surface area contributed by atoms with E-state index in [1.807, 2.05) is 38.2 Å². The van der Waals surface area contributed by atoms with E-state index in [0.717, 1.165) is 24.5 Å². The quantitative estimate of drug-likeness (QED) is 0.891. The van der Waals surface area contributed by atoms with Gasteiger partial charge in [-0.1, -0.05) is 20.8 Å². The molecule has 0 aliphatic carbocycles. The van der Waals surface area contributed by atoms with Crippen LogP contribution in [0.25, 0.3) is 0 Å². The third-order valence-electron chi connectivity index (χ3n) is 2.94. The van der Waals surface area contributed by atoms with E-state index in [0.29, 0.717) is 0 Å². The van der Waals surface area contributed by atoms with Crippen LogP contribution in [0.5, 0.6) is 0 Å². The molecule has 0 bridgehead atoms. The molecule has 1 aromatic rings. The molecule has 0 unspecified atom stereocenters. The molecule has 0 spiro atoms. The van der Waals surface area contributed by atoms with Gasteiger partial charge in [0, 0.05) is 31.5 Å². The monoisotopic (exact) mass is 250 g/mol. The molecule has 0 aliphatic heterocycles. The van der Waals surface area contributed by atoms with Gasteiger partial charge in [-0.25, -0.2) is 9.97 Å². The Labute approximate surface area is 111 Å². The van der Waals surface area contributed by atoms with Gasteiger partial charge in [-0.15, -0.1) is 0 Å². The number of aromatic nitrogens is 2. The van der Waals surface area contributed by atoms with Crippen molar-refractivity contribution < 1.29 is 0 Å². The Bertz CT molecular complexity index is 370. The predicted octanol–water partition coefficient (Wildman–Crippen LogP) is 2.34. The fourth-order valence-corrected chi connectivity index (χ4v) is 1.46. The molecule has 18 heavy (non-hydrogen) atoms. The van der Waals surface area contributed by atoms with Gasteiger partial charge in [0.15, 0.2) is 0 Å². The van der Waals surface area contributed by atoms with Crippen molar-refractivity contribution in [1.29, 1.82) is 0 Å². The highest BCUT2D eigenvalue weighted by Crippen LogP contribution is 2.21. The molecule has 0 aliphatic rings. The highest BCUT2D eigenvalue weighted by Gasteiger charge is 2.16. The minimum atomic E-state index is -0.153. The van der Waals surface area contributed by atoms with Gasteiger partial charge >= 0.3 is 0 Å². The molecular weight excluding hydrogens is 224 g/mol. The van der Waals surface area contributed by atoms with Crippen molar-refractivity contribution in [3.63, 3.8) is 0 Å². The molecule has 4 heteroatoms. The van der Waals surface area contributed by atoms with Crippen LogP contribution in [-0.2, 0) is 5.41 Å². The van der Waals surface area contributed by atoms with E-state index in [1.165, 1.54) is 0 Å². The summed E-state index contributed by atoms with van der Waals surface area (Å²) < 4.78 is 0. The molecule has 0 atom stereocenters. The van der Waals surface area contributed by atoms with Gasteiger partial charge in [-0.3, -0.25) is 0 Å². The Kier molecular flexibility index (Phi) is 4.32. The third kappa shape index (κ3) is 4.61. The second-order valence-corrected chi connectivity index (χ2v) is 6.68. The van der Waals surface area contributed by atoms with E-state index in [4.69, 9.17) is 5.73 Å². The zero-order chi connectivity index (χ0) is 14.0. The Morgan fingerprint density at radius 3 is 2.00 bits per heavy atom. The third-order valence-corrected chi connectivity index (χ3v) is 2.94. The summed E-state index contributed by atoms with van der Waals surface area (Å²) >= 11 is 0. The van der Waals surface area contributed by atoms with E-state index in [-0.39, 0.29) is 11.0 Å². The average molecular weight is 250 g/mol. The standard InChI is InChI=1S/C14H26N4/c1-13(2,3)11-9-16-12(17-10-11)18(6)8-7-14(4,5)15/h9-10H,7-8,15H2,1-6H3. The second-order valence-electron chi connectivity index (χ2n) is 6.68. The number of anilines is 1. The maximum absolute atomic E-state index is 5.98. The highest BCUT2D eigenvalue weighted by atomic mass is 15.2. The summed E-state index contributed by atoms with van der Waals surface area (Å²) in [5.41, 5.74) is 7.07. The van der Waals surface area contributed by atoms with Crippen LogP contribution in [0, 0.1) is 0 Å². The molecule has 2 N–H and O–H groups in total. The van der Waals surface area contributed by atoms with Gasteiger partial charge < -0.3 is 10.6 Å². The zero-order valence-corrected chi connectivity index (χ0v) is 12.5. The largest absolute Gasteiger partial charge is 0.344 e. The predicted molar refractivity (Wildman–Crippen MR) is 76.9 cm³/mol. The van der Waals surface area contributed by atoms with E-state index in [2.05, 4.69) is 30.7 Å². The van der Waals surface area contributed by atoms with Gasteiger partial charge in [0.1, 0.15) is 0 Å². The maximum Gasteiger partial charge on any atom is 0.224 e. The van der Waals surface area contributed by atoms with Crippen molar-refractivity contribution in [2.75, 3.05) is 18.5 Å². The number of hydrogen-bond donors (Lipinski definition) is 1. The summed E-state index contributed by atoms with van der Waals surface area (Å²) in [5, 5.41) is 0. The number of nitrogens with two attached hydrogens (primary N) is 1. The van der Waals surface area contributed by atoms with Crippen LogP contribution in [0.3, 0.4) is 0 Å². The summed E-state index contributed by atoms with van der Waals surface area (Å²) in [6.45, 7) is 11.4. The van der Waals surface area contributed by atoms with Crippen molar-refractivity contribution in [3.8, 4) is 0 Å². The molecule has 102 valence electrons. The Morgan fingerprint density at radius 1 is 1.11 bits per heavy atom. The smallest absolute Gasteiger partial charge is 0.224 e. The summed E-state index contributed by atoms with van der Waals surface area (Å²) in [5.74, 6) is 0.757. The lowest BCUT2D eigenvalue weighted by atomic mass is 9.89. The molecule has 1 heterocycles. The van der Waals surface area contributed by atoms with Gasteiger partial charge in [0.05, 0.1) is 0 Å². The van der Waals surface area contributed by atoms with Crippen molar-refractivity contribution >= 4 is 5.95 Å². The molecule has 1 rings (SSSR count). The molecule has 0 saturated heterocycles. The molecule has 0 aromatic carbocycles. The van der Waals surface area contributed by atoms with E-state index >= 15 is 0 Å². The van der Waals surface area contributed by atoms with Crippen LogP contribution < -0.4 is 10.6 Å².